The summed E-state index contributed by atoms with van der Waals surface area (Å²) in [5, 5.41) is 15.0. The van der Waals surface area contributed by atoms with Gasteiger partial charge in [-0.2, -0.15) is 0 Å². The summed E-state index contributed by atoms with van der Waals surface area (Å²) in [5.74, 6) is -0.342. The van der Waals surface area contributed by atoms with Gasteiger partial charge < -0.3 is 15.4 Å². The highest BCUT2D eigenvalue weighted by molar-refractivity contribution is 6.31. The maximum absolute atomic E-state index is 14.1. The number of nitrogens with zero attached hydrogens (tertiary/aromatic N) is 1. The van der Waals surface area contributed by atoms with Crippen molar-refractivity contribution in [3.63, 3.8) is 0 Å². The van der Waals surface area contributed by atoms with Gasteiger partial charge in [-0.3, -0.25) is 0 Å². The first-order chi connectivity index (χ1) is 11.6. The van der Waals surface area contributed by atoms with Gasteiger partial charge in [-0.05, 0) is 49.2 Å². The Morgan fingerprint density at radius 3 is 2.75 bits per heavy atom. The Morgan fingerprint density at radius 2 is 2.00 bits per heavy atom. The van der Waals surface area contributed by atoms with E-state index in [1.807, 2.05) is 12.1 Å². The Labute approximate surface area is 143 Å². The quantitative estimate of drug-likeness (QED) is 0.665. The number of hydrogen-bond acceptors (Lipinski definition) is 3. The van der Waals surface area contributed by atoms with E-state index in [4.69, 9.17) is 11.6 Å². The van der Waals surface area contributed by atoms with Gasteiger partial charge in [0.25, 0.3) is 0 Å². The molecule has 1 saturated heterocycles. The first kappa shape index (κ1) is 15.6. The lowest BCUT2D eigenvalue weighted by atomic mass is 9.84. The molecule has 6 heteroatoms. The van der Waals surface area contributed by atoms with E-state index in [1.165, 1.54) is 6.20 Å². The lowest BCUT2D eigenvalue weighted by Gasteiger charge is -2.33. The SMILES string of the molecule is OC1(c2ccc(-c3ccnc4[nH]cc(F)c34)cc2Cl)CCNCC1. The highest BCUT2D eigenvalue weighted by Crippen LogP contribution is 2.38. The fourth-order valence-electron chi connectivity index (χ4n) is 3.43. The second-order valence-corrected chi connectivity index (χ2v) is 6.60. The van der Waals surface area contributed by atoms with Crippen molar-refractivity contribution in [3.05, 3.63) is 53.1 Å². The second-order valence-electron chi connectivity index (χ2n) is 6.19. The predicted octanol–water partition coefficient (Wildman–Crippen LogP) is 3.59. The van der Waals surface area contributed by atoms with E-state index < -0.39 is 5.60 Å². The van der Waals surface area contributed by atoms with Crippen LogP contribution in [0.3, 0.4) is 0 Å². The number of piperidine rings is 1. The third kappa shape index (κ3) is 2.49. The third-order valence-electron chi connectivity index (χ3n) is 4.74. The molecule has 124 valence electrons. The van der Waals surface area contributed by atoms with Crippen LogP contribution in [-0.4, -0.2) is 28.2 Å². The first-order valence-corrected chi connectivity index (χ1v) is 8.31. The fraction of sp³-hybridized carbons (Fsp3) is 0.278. The molecule has 3 heterocycles. The Balaban J connectivity index is 1.80. The second kappa shape index (κ2) is 5.84. The monoisotopic (exact) mass is 345 g/mol. The van der Waals surface area contributed by atoms with E-state index in [9.17, 15) is 9.50 Å². The van der Waals surface area contributed by atoms with Crippen LogP contribution in [0.15, 0.2) is 36.7 Å². The number of halogens is 2. The van der Waals surface area contributed by atoms with E-state index in [2.05, 4.69) is 15.3 Å². The predicted molar refractivity (Wildman–Crippen MR) is 92.5 cm³/mol. The molecule has 24 heavy (non-hydrogen) atoms. The Kier molecular flexibility index (Phi) is 3.79. The number of nitrogens with one attached hydrogen (secondary N) is 2. The summed E-state index contributed by atoms with van der Waals surface area (Å²) in [5.41, 5.74) is 1.85. The molecule has 1 aliphatic rings. The lowest BCUT2D eigenvalue weighted by Crippen LogP contribution is -2.39. The Hall–Kier alpha value is -1.95. The summed E-state index contributed by atoms with van der Waals surface area (Å²) < 4.78 is 14.1. The van der Waals surface area contributed by atoms with Crippen LogP contribution in [0.4, 0.5) is 4.39 Å². The number of fused-ring (bicyclic) bond motifs is 1. The number of aliphatic hydroxyl groups is 1. The van der Waals surface area contributed by atoms with Crippen molar-refractivity contribution < 1.29 is 9.50 Å². The van der Waals surface area contributed by atoms with Crippen molar-refractivity contribution in [1.29, 1.82) is 0 Å². The van der Waals surface area contributed by atoms with Crippen molar-refractivity contribution in [1.82, 2.24) is 15.3 Å². The van der Waals surface area contributed by atoms with Crippen molar-refractivity contribution in [2.45, 2.75) is 18.4 Å². The van der Waals surface area contributed by atoms with Gasteiger partial charge in [0.1, 0.15) is 5.65 Å². The minimum Gasteiger partial charge on any atom is -0.385 e. The Bertz CT molecular complexity index is 902. The number of hydrogen-bond donors (Lipinski definition) is 3. The molecular weight excluding hydrogens is 329 g/mol. The standard InChI is InChI=1S/C18H17ClFN3O/c19-14-9-11(1-2-13(14)18(24)4-7-21-8-5-18)12-3-6-22-17-16(12)15(20)10-23-17/h1-3,6,9-10,21,24H,4-5,7-8H2,(H,22,23). The molecule has 1 aromatic carbocycles. The van der Waals surface area contributed by atoms with Crippen LogP contribution in [0.25, 0.3) is 22.2 Å². The topological polar surface area (TPSA) is 60.9 Å². The largest absolute Gasteiger partial charge is 0.385 e. The van der Waals surface area contributed by atoms with E-state index in [0.717, 1.165) is 29.8 Å². The maximum atomic E-state index is 14.1. The van der Waals surface area contributed by atoms with Gasteiger partial charge >= 0.3 is 0 Å². The number of pyridine rings is 1. The van der Waals surface area contributed by atoms with Crippen LogP contribution < -0.4 is 5.32 Å². The smallest absolute Gasteiger partial charge is 0.150 e. The van der Waals surface area contributed by atoms with Crippen molar-refractivity contribution in [2.24, 2.45) is 0 Å². The van der Waals surface area contributed by atoms with E-state index in [1.54, 1.807) is 18.3 Å². The zero-order valence-corrected chi connectivity index (χ0v) is 13.7. The van der Waals surface area contributed by atoms with Gasteiger partial charge in [0.2, 0.25) is 0 Å². The first-order valence-electron chi connectivity index (χ1n) is 7.93. The van der Waals surface area contributed by atoms with Gasteiger partial charge in [0.05, 0.1) is 11.0 Å². The zero-order chi connectivity index (χ0) is 16.7. The molecule has 0 atom stereocenters. The van der Waals surface area contributed by atoms with Gasteiger partial charge in [0.15, 0.2) is 5.82 Å². The molecule has 0 saturated carbocycles. The van der Waals surface area contributed by atoms with Crippen molar-refractivity contribution >= 4 is 22.6 Å². The van der Waals surface area contributed by atoms with Gasteiger partial charge in [-0.15, -0.1) is 0 Å². The molecule has 3 N–H and O–H groups in total. The zero-order valence-electron chi connectivity index (χ0n) is 12.9. The molecule has 0 spiro atoms. The number of aromatic nitrogens is 2. The molecule has 0 bridgehead atoms. The molecular formula is C18H17ClFN3O. The number of benzene rings is 1. The van der Waals surface area contributed by atoms with Crippen LogP contribution in [-0.2, 0) is 5.60 Å². The highest BCUT2D eigenvalue weighted by atomic mass is 35.5. The summed E-state index contributed by atoms with van der Waals surface area (Å²) in [6.45, 7) is 1.52. The fourth-order valence-corrected chi connectivity index (χ4v) is 3.78. The van der Waals surface area contributed by atoms with Crippen LogP contribution in [0.5, 0.6) is 0 Å². The normalized spacial score (nSPS) is 17.3. The molecule has 0 unspecified atom stereocenters. The molecule has 0 amide bonds. The summed E-state index contributed by atoms with van der Waals surface area (Å²) in [7, 11) is 0. The molecule has 3 aromatic rings. The number of aromatic amines is 1. The Morgan fingerprint density at radius 1 is 1.21 bits per heavy atom. The summed E-state index contributed by atoms with van der Waals surface area (Å²) in [6, 6.07) is 7.28. The molecule has 2 aromatic heterocycles. The number of H-pyrrole nitrogens is 1. The summed E-state index contributed by atoms with van der Waals surface area (Å²) >= 11 is 6.47. The van der Waals surface area contributed by atoms with Crippen LogP contribution in [0.1, 0.15) is 18.4 Å². The van der Waals surface area contributed by atoms with E-state index in [-0.39, 0.29) is 5.82 Å². The average Bonchev–Trinajstić information content (AvgIpc) is 2.97. The lowest BCUT2D eigenvalue weighted by molar-refractivity contribution is 0.00605. The van der Waals surface area contributed by atoms with Crippen molar-refractivity contribution in [2.75, 3.05) is 13.1 Å². The van der Waals surface area contributed by atoms with Gasteiger partial charge in [0, 0.05) is 23.0 Å². The molecule has 0 aliphatic carbocycles. The highest BCUT2D eigenvalue weighted by Gasteiger charge is 2.33. The molecule has 4 nitrogen and oxygen atoms in total. The van der Waals surface area contributed by atoms with Gasteiger partial charge in [-0.1, -0.05) is 23.7 Å². The maximum Gasteiger partial charge on any atom is 0.150 e. The van der Waals surface area contributed by atoms with E-state index >= 15 is 0 Å². The summed E-state index contributed by atoms with van der Waals surface area (Å²) in [4.78, 5) is 6.95. The minimum atomic E-state index is -0.909. The van der Waals surface area contributed by atoms with E-state index in [0.29, 0.717) is 28.9 Å². The summed E-state index contributed by atoms with van der Waals surface area (Å²) in [6.07, 6.45) is 4.18. The number of rotatable bonds is 2. The van der Waals surface area contributed by atoms with Crippen LogP contribution in [0, 0.1) is 5.82 Å². The van der Waals surface area contributed by atoms with Crippen LogP contribution >= 0.6 is 11.6 Å². The molecule has 0 radical (unpaired) electrons. The molecule has 4 rings (SSSR count). The van der Waals surface area contributed by atoms with Crippen molar-refractivity contribution in [3.8, 4) is 11.1 Å². The third-order valence-corrected chi connectivity index (χ3v) is 5.05. The molecule has 1 aliphatic heterocycles. The van der Waals surface area contributed by atoms with Gasteiger partial charge in [-0.25, -0.2) is 9.37 Å². The average molecular weight is 346 g/mol. The minimum absolute atomic E-state index is 0.342. The molecule has 1 fully saturated rings. The van der Waals surface area contributed by atoms with Crippen LogP contribution in [0.2, 0.25) is 5.02 Å².